The third kappa shape index (κ3) is 2.97. The summed E-state index contributed by atoms with van der Waals surface area (Å²) in [7, 11) is 0. The molecule has 1 rings (SSSR count). The molecule has 18 heavy (non-hydrogen) atoms. The van der Waals surface area contributed by atoms with Crippen LogP contribution >= 0.6 is 0 Å². The second-order valence-corrected chi connectivity index (χ2v) is 3.14. The van der Waals surface area contributed by atoms with E-state index in [1.165, 1.54) is 6.08 Å². The Morgan fingerprint density at radius 3 is 2.72 bits per heavy atom. The Morgan fingerprint density at radius 2 is 2.17 bits per heavy atom. The normalized spacial score (nSPS) is 9.61. The molecule has 1 aromatic rings. The SMILES string of the molecule is C=CCOC(=O)Nc1c(O)ccc(C(=O)O)c1F. The maximum atomic E-state index is 13.6. The molecule has 0 aliphatic heterocycles. The lowest BCUT2D eigenvalue weighted by atomic mass is 10.1. The van der Waals surface area contributed by atoms with Gasteiger partial charge >= 0.3 is 12.1 Å². The summed E-state index contributed by atoms with van der Waals surface area (Å²) in [5.74, 6) is -3.37. The van der Waals surface area contributed by atoms with Crippen molar-refractivity contribution in [1.29, 1.82) is 0 Å². The number of anilines is 1. The summed E-state index contributed by atoms with van der Waals surface area (Å²) in [5, 5.41) is 19.9. The number of ether oxygens (including phenoxy) is 1. The van der Waals surface area contributed by atoms with E-state index in [9.17, 15) is 19.1 Å². The van der Waals surface area contributed by atoms with E-state index in [4.69, 9.17) is 5.11 Å². The quantitative estimate of drug-likeness (QED) is 0.564. The topological polar surface area (TPSA) is 95.9 Å². The number of nitrogens with one attached hydrogen (secondary N) is 1. The van der Waals surface area contributed by atoms with E-state index in [0.717, 1.165) is 12.1 Å². The summed E-state index contributed by atoms with van der Waals surface area (Å²) in [6.45, 7) is 3.20. The van der Waals surface area contributed by atoms with Gasteiger partial charge in [0.25, 0.3) is 0 Å². The smallest absolute Gasteiger partial charge is 0.412 e. The fourth-order valence-electron chi connectivity index (χ4n) is 1.12. The van der Waals surface area contributed by atoms with Crippen LogP contribution in [0.25, 0.3) is 0 Å². The van der Waals surface area contributed by atoms with Gasteiger partial charge in [0.15, 0.2) is 5.82 Å². The Balaban J connectivity index is 3.00. The molecule has 1 amide bonds. The van der Waals surface area contributed by atoms with Crippen molar-refractivity contribution < 1.29 is 28.9 Å². The number of aromatic carboxylic acids is 1. The van der Waals surface area contributed by atoms with Gasteiger partial charge in [-0.1, -0.05) is 12.7 Å². The molecule has 0 saturated carbocycles. The number of halogens is 1. The Labute approximate surface area is 101 Å². The zero-order valence-electron chi connectivity index (χ0n) is 9.14. The van der Waals surface area contributed by atoms with E-state index in [0.29, 0.717) is 0 Å². The Morgan fingerprint density at radius 1 is 1.50 bits per heavy atom. The van der Waals surface area contributed by atoms with Crippen LogP contribution in [-0.4, -0.2) is 28.9 Å². The molecular formula is C11H10FNO5. The van der Waals surface area contributed by atoms with Gasteiger partial charge in [0.1, 0.15) is 18.0 Å². The van der Waals surface area contributed by atoms with Gasteiger partial charge in [-0.3, -0.25) is 5.32 Å². The number of carboxylic acids is 1. The third-order valence-electron chi connectivity index (χ3n) is 1.91. The first-order valence-corrected chi connectivity index (χ1v) is 4.76. The number of phenolic OH excluding ortho intramolecular Hbond substituents is 1. The van der Waals surface area contributed by atoms with Crippen molar-refractivity contribution in [2.75, 3.05) is 11.9 Å². The maximum absolute atomic E-state index is 13.6. The third-order valence-corrected chi connectivity index (χ3v) is 1.91. The van der Waals surface area contributed by atoms with Crippen LogP contribution in [0, 0.1) is 5.82 Å². The highest BCUT2D eigenvalue weighted by Gasteiger charge is 2.19. The van der Waals surface area contributed by atoms with Crippen molar-refractivity contribution in [2.24, 2.45) is 0 Å². The number of amides is 1. The van der Waals surface area contributed by atoms with Crippen molar-refractivity contribution >= 4 is 17.7 Å². The minimum atomic E-state index is -1.52. The van der Waals surface area contributed by atoms with Crippen LogP contribution in [0.4, 0.5) is 14.9 Å². The molecule has 96 valence electrons. The molecule has 0 radical (unpaired) electrons. The van der Waals surface area contributed by atoms with Gasteiger partial charge in [-0.15, -0.1) is 0 Å². The Kier molecular flexibility index (Phi) is 4.25. The highest BCUT2D eigenvalue weighted by molar-refractivity contribution is 5.93. The van der Waals surface area contributed by atoms with E-state index >= 15 is 0 Å². The lowest BCUT2D eigenvalue weighted by molar-refractivity contribution is 0.0692. The Bertz CT molecular complexity index is 500. The minimum Gasteiger partial charge on any atom is -0.506 e. The molecule has 0 fully saturated rings. The first-order chi connectivity index (χ1) is 8.47. The molecule has 1 aromatic carbocycles. The number of carbonyl (C=O) groups excluding carboxylic acids is 1. The van der Waals surface area contributed by atoms with Gasteiger partial charge in [0.05, 0.1) is 5.56 Å². The van der Waals surface area contributed by atoms with E-state index in [2.05, 4.69) is 11.3 Å². The summed E-state index contributed by atoms with van der Waals surface area (Å²) in [5.41, 5.74) is -1.32. The zero-order chi connectivity index (χ0) is 13.7. The molecule has 0 atom stereocenters. The van der Waals surface area contributed by atoms with Crippen LogP contribution in [0.3, 0.4) is 0 Å². The van der Waals surface area contributed by atoms with Crippen LogP contribution < -0.4 is 5.32 Å². The van der Waals surface area contributed by atoms with E-state index in [1.54, 1.807) is 0 Å². The highest BCUT2D eigenvalue weighted by Crippen LogP contribution is 2.28. The van der Waals surface area contributed by atoms with Crippen molar-refractivity contribution in [3.05, 3.63) is 36.2 Å². The first kappa shape index (κ1) is 13.5. The number of carboxylic acid groups (broad SMARTS) is 1. The molecule has 0 saturated heterocycles. The van der Waals surface area contributed by atoms with Crippen molar-refractivity contribution in [2.45, 2.75) is 0 Å². The first-order valence-electron chi connectivity index (χ1n) is 4.76. The summed E-state index contributed by atoms with van der Waals surface area (Å²) >= 11 is 0. The molecule has 0 spiro atoms. The second kappa shape index (κ2) is 5.67. The molecule has 3 N–H and O–H groups in total. The average Bonchev–Trinajstić information content (AvgIpc) is 2.31. The van der Waals surface area contributed by atoms with E-state index in [1.807, 2.05) is 5.32 Å². The minimum absolute atomic E-state index is 0.104. The predicted molar refractivity (Wildman–Crippen MR) is 60.2 cm³/mol. The molecule has 0 unspecified atom stereocenters. The molecule has 0 bridgehead atoms. The van der Waals surface area contributed by atoms with Crippen molar-refractivity contribution in [3.63, 3.8) is 0 Å². The summed E-state index contributed by atoms with van der Waals surface area (Å²) in [4.78, 5) is 21.8. The number of aromatic hydroxyl groups is 1. The summed E-state index contributed by atoms with van der Waals surface area (Å²) in [6.07, 6.45) is 0.260. The van der Waals surface area contributed by atoms with Gasteiger partial charge in [-0.25, -0.2) is 14.0 Å². The number of phenols is 1. The van der Waals surface area contributed by atoms with Crippen LogP contribution in [0.2, 0.25) is 0 Å². The summed E-state index contributed by atoms with van der Waals surface area (Å²) in [6, 6.07) is 1.84. The van der Waals surface area contributed by atoms with E-state index < -0.39 is 34.9 Å². The van der Waals surface area contributed by atoms with Crippen LogP contribution in [0.5, 0.6) is 5.75 Å². The van der Waals surface area contributed by atoms with Crippen molar-refractivity contribution in [1.82, 2.24) is 0 Å². The predicted octanol–water partition coefficient (Wildman–Crippen LogP) is 1.96. The fourth-order valence-corrected chi connectivity index (χ4v) is 1.12. The molecule has 0 aliphatic carbocycles. The summed E-state index contributed by atoms with van der Waals surface area (Å²) < 4.78 is 18.1. The number of benzene rings is 1. The zero-order valence-corrected chi connectivity index (χ0v) is 9.14. The van der Waals surface area contributed by atoms with Gasteiger partial charge in [0.2, 0.25) is 0 Å². The molecule has 6 nitrogen and oxygen atoms in total. The van der Waals surface area contributed by atoms with Crippen LogP contribution in [0.1, 0.15) is 10.4 Å². The Hall–Kier alpha value is -2.57. The van der Waals surface area contributed by atoms with Gasteiger partial charge in [-0.2, -0.15) is 0 Å². The van der Waals surface area contributed by atoms with Crippen molar-refractivity contribution in [3.8, 4) is 5.75 Å². The molecule has 0 aliphatic rings. The number of hydrogen-bond acceptors (Lipinski definition) is 4. The largest absolute Gasteiger partial charge is 0.506 e. The van der Waals surface area contributed by atoms with Crippen LogP contribution in [-0.2, 0) is 4.74 Å². The molecular weight excluding hydrogens is 245 g/mol. The van der Waals surface area contributed by atoms with E-state index in [-0.39, 0.29) is 6.61 Å². The number of hydrogen-bond donors (Lipinski definition) is 3. The number of carbonyl (C=O) groups is 2. The maximum Gasteiger partial charge on any atom is 0.412 e. The fraction of sp³-hybridized carbons (Fsp3) is 0.0909. The number of rotatable bonds is 4. The van der Waals surface area contributed by atoms with Gasteiger partial charge in [0, 0.05) is 0 Å². The van der Waals surface area contributed by atoms with Gasteiger partial charge in [-0.05, 0) is 12.1 Å². The molecule has 0 heterocycles. The molecule has 0 aromatic heterocycles. The highest BCUT2D eigenvalue weighted by atomic mass is 19.1. The average molecular weight is 255 g/mol. The lowest BCUT2D eigenvalue weighted by Crippen LogP contribution is -2.16. The monoisotopic (exact) mass is 255 g/mol. The van der Waals surface area contributed by atoms with Crippen LogP contribution in [0.15, 0.2) is 24.8 Å². The van der Waals surface area contributed by atoms with Gasteiger partial charge < -0.3 is 14.9 Å². The molecule has 7 heteroatoms. The standard InChI is InChI=1S/C11H10FNO5/c1-2-5-18-11(17)13-9-7(14)4-3-6(8(9)12)10(15)16/h2-4,14H,1,5H2,(H,13,17)(H,15,16). The lowest BCUT2D eigenvalue weighted by Gasteiger charge is -2.09. The second-order valence-electron chi connectivity index (χ2n) is 3.14.